The van der Waals surface area contributed by atoms with Crippen LogP contribution in [-0.2, 0) is 0 Å². The van der Waals surface area contributed by atoms with Gasteiger partial charge in [-0.25, -0.2) is 0 Å². The van der Waals surface area contributed by atoms with Crippen molar-refractivity contribution in [3.05, 3.63) is 28.7 Å². The summed E-state index contributed by atoms with van der Waals surface area (Å²) >= 11 is 3.24. The third kappa shape index (κ3) is 1.74. The number of hydrogen-bond donors (Lipinski definition) is 0. The molecule has 0 aliphatic heterocycles. The third-order valence-corrected chi connectivity index (χ3v) is 1.60. The van der Waals surface area contributed by atoms with E-state index in [9.17, 15) is 0 Å². The summed E-state index contributed by atoms with van der Waals surface area (Å²) in [6.45, 7) is 0. The van der Waals surface area contributed by atoms with Crippen LogP contribution in [0.4, 0.5) is 5.69 Å². The normalized spacial score (nSPS) is 12.3. The predicted molar refractivity (Wildman–Crippen MR) is 48.5 cm³/mol. The Morgan fingerprint density at radius 3 is 2.30 bits per heavy atom. The van der Waals surface area contributed by atoms with Crippen LogP contribution >= 0.6 is 15.9 Å². The molecule has 0 aliphatic carbocycles. The van der Waals surface area contributed by atoms with Crippen LogP contribution in [0.1, 0.15) is 2.74 Å². The molecule has 0 atom stereocenters. The molecule has 0 heterocycles. The molecule has 2 heteroatoms. The van der Waals surface area contributed by atoms with E-state index in [1.807, 2.05) is 14.1 Å². The molecule has 1 aromatic carbocycles. The number of halogens is 1. The SMILES string of the molecule is [2H]c1cc(Br)cc([2H])c1N(C)C. The van der Waals surface area contributed by atoms with E-state index in [-0.39, 0.29) is 0 Å². The fraction of sp³-hybridized carbons (Fsp3) is 0.250. The molecular weight excluding hydrogens is 190 g/mol. The molecule has 0 fully saturated rings. The molecule has 54 valence electrons. The van der Waals surface area contributed by atoms with Crippen molar-refractivity contribution in [3.8, 4) is 0 Å². The molecule has 0 spiro atoms. The molecule has 1 aromatic rings. The number of hydrogen-bond acceptors (Lipinski definition) is 1. The van der Waals surface area contributed by atoms with Gasteiger partial charge in [-0.3, -0.25) is 0 Å². The summed E-state index contributed by atoms with van der Waals surface area (Å²) in [5.74, 6) is 0. The number of anilines is 1. The van der Waals surface area contributed by atoms with Crippen molar-refractivity contribution in [1.29, 1.82) is 0 Å². The van der Waals surface area contributed by atoms with Crippen molar-refractivity contribution in [2.45, 2.75) is 0 Å². The van der Waals surface area contributed by atoms with E-state index in [2.05, 4.69) is 15.9 Å². The standard InChI is InChI=1S/C8H10BrN/c1-10(2)8-5-3-7(9)4-6-8/h3-6H,1-2H3/i5D,6D. The van der Waals surface area contributed by atoms with E-state index < -0.39 is 0 Å². The average molecular weight is 202 g/mol. The first-order valence-corrected chi connectivity index (χ1v) is 3.75. The molecule has 1 nitrogen and oxygen atoms in total. The second-order valence-electron chi connectivity index (χ2n) is 2.21. The maximum Gasteiger partial charge on any atom is 0.0645 e. The summed E-state index contributed by atoms with van der Waals surface area (Å²) in [5, 5.41) is 0. The Morgan fingerprint density at radius 2 is 1.90 bits per heavy atom. The maximum absolute atomic E-state index is 7.59. The van der Waals surface area contributed by atoms with Crippen molar-refractivity contribution < 1.29 is 2.74 Å². The summed E-state index contributed by atoms with van der Waals surface area (Å²) in [6, 6.07) is 4.12. The Kier molecular flexibility index (Phi) is 1.59. The van der Waals surface area contributed by atoms with Crippen LogP contribution in [0, 0.1) is 0 Å². The molecule has 0 saturated heterocycles. The van der Waals surface area contributed by atoms with Crippen molar-refractivity contribution in [1.82, 2.24) is 0 Å². The Balaban J connectivity index is 3.28. The Labute approximate surface area is 72.6 Å². The highest BCUT2D eigenvalue weighted by Crippen LogP contribution is 2.15. The van der Waals surface area contributed by atoms with Crippen LogP contribution in [0.25, 0.3) is 0 Å². The van der Waals surface area contributed by atoms with E-state index in [1.165, 1.54) is 0 Å². The number of benzene rings is 1. The summed E-state index contributed by atoms with van der Waals surface area (Å²) in [7, 11) is 3.67. The van der Waals surface area contributed by atoms with Gasteiger partial charge in [0.25, 0.3) is 0 Å². The molecule has 0 bridgehead atoms. The van der Waals surface area contributed by atoms with Gasteiger partial charge >= 0.3 is 0 Å². The summed E-state index contributed by atoms with van der Waals surface area (Å²) < 4.78 is 16.0. The minimum atomic E-state index is 0.374. The van der Waals surface area contributed by atoms with E-state index in [0.29, 0.717) is 17.8 Å². The van der Waals surface area contributed by atoms with Crippen LogP contribution < -0.4 is 4.90 Å². The zero-order valence-electron chi connectivity index (χ0n) is 7.98. The molecule has 1 rings (SSSR count). The Bertz CT molecular complexity index is 276. The maximum atomic E-state index is 7.59. The molecule has 0 aliphatic rings. The molecule has 0 amide bonds. The predicted octanol–water partition coefficient (Wildman–Crippen LogP) is 2.52. The molecule has 0 saturated carbocycles. The van der Waals surface area contributed by atoms with E-state index >= 15 is 0 Å². The molecule has 0 aromatic heterocycles. The second-order valence-corrected chi connectivity index (χ2v) is 3.12. The van der Waals surface area contributed by atoms with E-state index in [0.717, 1.165) is 4.47 Å². The first-order chi connectivity index (χ1) is 5.52. The molecular formula is C8H10BrN. The van der Waals surface area contributed by atoms with Crippen LogP contribution in [0.2, 0.25) is 0 Å². The molecule has 10 heavy (non-hydrogen) atoms. The Morgan fingerprint density at radius 1 is 1.40 bits per heavy atom. The highest BCUT2D eigenvalue weighted by molar-refractivity contribution is 9.10. The van der Waals surface area contributed by atoms with Crippen LogP contribution in [-0.4, -0.2) is 14.1 Å². The monoisotopic (exact) mass is 201 g/mol. The van der Waals surface area contributed by atoms with Gasteiger partial charge in [-0.2, -0.15) is 0 Å². The fourth-order valence-corrected chi connectivity index (χ4v) is 0.845. The van der Waals surface area contributed by atoms with Gasteiger partial charge in [-0.05, 0) is 24.2 Å². The Hall–Kier alpha value is -0.500. The van der Waals surface area contributed by atoms with E-state index in [1.54, 1.807) is 17.0 Å². The lowest BCUT2D eigenvalue weighted by Crippen LogP contribution is -2.07. The molecule has 0 radical (unpaired) electrons. The first kappa shape index (κ1) is 5.19. The average Bonchev–Trinajstić information content (AvgIpc) is 1.82. The lowest BCUT2D eigenvalue weighted by molar-refractivity contribution is 1.13. The summed E-state index contributed by atoms with van der Waals surface area (Å²) in [4.78, 5) is 1.77. The lowest BCUT2D eigenvalue weighted by Gasteiger charge is -2.11. The highest BCUT2D eigenvalue weighted by atomic mass is 79.9. The zero-order valence-corrected chi connectivity index (χ0v) is 7.57. The summed E-state index contributed by atoms with van der Waals surface area (Å²) in [6.07, 6.45) is 0. The largest absolute Gasteiger partial charge is 0.378 e. The van der Waals surface area contributed by atoms with Gasteiger partial charge in [-0.1, -0.05) is 15.9 Å². The highest BCUT2D eigenvalue weighted by Gasteiger charge is 1.91. The lowest BCUT2D eigenvalue weighted by atomic mass is 10.3. The third-order valence-electron chi connectivity index (χ3n) is 1.14. The van der Waals surface area contributed by atoms with Gasteiger partial charge in [0, 0.05) is 24.3 Å². The van der Waals surface area contributed by atoms with Gasteiger partial charge < -0.3 is 4.90 Å². The zero-order chi connectivity index (χ0) is 9.30. The van der Waals surface area contributed by atoms with Crippen molar-refractivity contribution in [2.75, 3.05) is 19.0 Å². The minimum absolute atomic E-state index is 0.374. The quantitative estimate of drug-likeness (QED) is 0.676. The van der Waals surface area contributed by atoms with Gasteiger partial charge in [-0.15, -0.1) is 0 Å². The van der Waals surface area contributed by atoms with Gasteiger partial charge in [0.15, 0.2) is 0 Å². The van der Waals surface area contributed by atoms with Crippen LogP contribution in [0.5, 0.6) is 0 Å². The van der Waals surface area contributed by atoms with E-state index in [4.69, 9.17) is 2.74 Å². The van der Waals surface area contributed by atoms with Gasteiger partial charge in [0.2, 0.25) is 0 Å². The van der Waals surface area contributed by atoms with Gasteiger partial charge in [0.1, 0.15) is 0 Å². The van der Waals surface area contributed by atoms with Crippen LogP contribution in [0.3, 0.4) is 0 Å². The van der Waals surface area contributed by atoms with Crippen molar-refractivity contribution in [2.24, 2.45) is 0 Å². The van der Waals surface area contributed by atoms with Crippen molar-refractivity contribution in [3.63, 3.8) is 0 Å². The van der Waals surface area contributed by atoms with Crippen LogP contribution in [0.15, 0.2) is 28.7 Å². The fourth-order valence-electron chi connectivity index (χ4n) is 0.616. The minimum Gasteiger partial charge on any atom is -0.378 e. The van der Waals surface area contributed by atoms with Gasteiger partial charge in [0.05, 0.1) is 2.74 Å². The topological polar surface area (TPSA) is 3.24 Å². The first-order valence-electron chi connectivity index (χ1n) is 3.96. The number of nitrogens with zero attached hydrogens (tertiary/aromatic N) is 1. The van der Waals surface area contributed by atoms with Crippen molar-refractivity contribution >= 4 is 21.6 Å². The smallest absolute Gasteiger partial charge is 0.0645 e. The second kappa shape index (κ2) is 3.06. The summed E-state index contributed by atoms with van der Waals surface area (Å²) in [5.41, 5.74) is 0.651. The molecule has 0 N–H and O–H groups in total. The molecule has 0 unspecified atom stereocenters. The number of rotatable bonds is 1.